The summed E-state index contributed by atoms with van der Waals surface area (Å²) >= 11 is 19.7. The first-order chi connectivity index (χ1) is 8.40. The van der Waals surface area contributed by atoms with E-state index in [1.807, 2.05) is 50.2 Å². The molecule has 0 fully saturated rings. The van der Waals surface area contributed by atoms with Crippen LogP contribution in [0.2, 0.25) is 0 Å². The number of hydrogen-bond donors (Lipinski definition) is 0. The maximum atomic E-state index is 4.94. The van der Waals surface area contributed by atoms with Gasteiger partial charge in [0.05, 0.1) is 0 Å². The average molecular weight is 367 g/mol. The van der Waals surface area contributed by atoms with E-state index in [9.17, 15) is 0 Å². The van der Waals surface area contributed by atoms with Gasteiger partial charge in [0.2, 0.25) is 0 Å². The Morgan fingerprint density at radius 2 is 0.895 bits per heavy atom. The van der Waals surface area contributed by atoms with Crippen LogP contribution in [-0.2, 0) is 67.3 Å². The van der Waals surface area contributed by atoms with Gasteiger partial charge in [0.25, 0.3) is 0 Å². The van der Waals surface area contributed by atoms with E-state index in [-0.39, 0.29) is 16.8 Å². The van der Waals surface area contributed by atoms with Gasteiger partial charge in [-0.1, -0.05) is 47.5 Å². The second-order valence-electron chi connectivity index (χ2n) is 3.90. The molecule has 0 unspecified atom stereocenters. The summed E-state index contributed by atoms with van der Waals surface area (Å²) in [6.45, 7) is 4.01. The van der Waals surface area contributed by atoms with E-state index in [1.165, 1.54) is 11.1 Å². The fourth-order valence-electron chi connectivity index (χ4n) is 1.23. The standard InChI is InChI=1S/2C7H8S2.Co/c2*1-5-2-3-6(8)7(9)4-5;/h2*2-4,8-9H,1H3;/p-4. The molecule has 5 heteroatoms. The summed E-state index contributed by atoms with van der Waals surface area (Å²) in [4.78, 5) is 3.11. The van der Waals surface area contributed by atoms with Crippen LogP contribution in [0.3, 0.4) is 0 Å². The third-order valence-corrected chi connectivity index (χ3v) is 3.84. The van der Waals surface area contributed by atoms with Crippen molar-refractivity contribution in [2.24, 2.45) is 0 Å². The van der Waals surface area contributed by atoms with Crippen LogP contribution in [0.15, 0.2) is 56.0 Å². The molecule has 0 aliphatic carbocycles. The van der Waals surface area contributed by atoms with Crippen molar-refractivity contribution in [3.8, 4) is 0 Å². The molecule has 0 amide bonds. The maximum Gasteiger partial charge on any atom is 0 e. The zero-order valence-electron chi connectivity index (χ0n) is 10.4. The molecule has 0 heterocycles. The first-order valence-electron chi connectivity index (χ1n) is 5.29. The van der Waals surface area contributed by atoms with E-state index >= 15 is 0 Å². The molecule has 0 aliphatic heterocycles. The number of benzene rings is 2. The van der Waals surface area contributed by atoms with Crippen molar-refractivity contribution in [2.75, 3.05) is 0 Å². The zero-order valence-corrected chi connectivity index (χ0v) is 14.7. The molecular weight excluding hydrogens is 355 g/mol. The third-order valence-electron chi connectivity index (χ3n) is 2.20. The Morgan fingerprint density at radius 3 is 1.11 bits per heavy atom. The maximum absolute atomic E-state index is 4.94. The van der Waals surface area contributed by atoms with Gasteiger partial charge in [-0.2, -0.15) is 19.6 Å². The quantitative estimate of drug-likeness (QED) is 0.652. The first kappa shape index (κ1) is 18.8. The molecule has 2 aromatic rings. The Kier molecular flexibility index (Phi) is 8.81. The van der Waals surface area contributed by atoms with Crippen LogP contribution in [0.5, 0.6) is 0 Å². The van der Waals surface area contributed by atoms with E-state index in [0.717, 1.165) is 19.6 Å². The van der Waals surface area contributed by atoms with E-state index < -0.39 is 0 Å². The molecule has 0 aromatic heterocycles. The average Bonchev–Trinajstić information content (AvgIpc) is 2.30. The summed E-state index contributed by atoms with van der Waals surface area (Å²) in [5.74, 6) is 0. The van der Waals surface area contributed by atoms with Gasteiger partial charge in [0.1, 0.15) is 0 Å². The summed E-state index contributed by atoms with van der Waals surface area (Å²) in [5.41, 5.74) is 2.35. The van der Waals surface area contributed by atoms with E-state index in [1.54, 1.807) is 0 Å². The number of hydrogen-bond acceptors (Lipinski definition) is 4. The Balaban J connectivity index is 0.000000324. The van der Waals surface area contributed by atoms with Gasteiger partial charge in [0.15, 0.2) is 0 Å². The molecule has 0 bridgehead atoms. The van der Waals surface area contributed by atoms with Crippen LogP contribution >= 0.6 is 0 Å². The second-order valence-corrected chi connectivity index (χ2v) is 5.66. The normalized spacial score (nSPS) is 8.95. The third kappa shape index (κ3) is 6.69. The van der Waals surface area contributed by atoms with Crippen LogP contribution in [0.25, 0.3) is 0 Å². The minimum atomic E-state index is 0. The SMILES string of the molecule is Cc1ccc([S-])c([S-])c1.Cc1ccc([S-])c([S-])c1.[Co]. The summed E-state index contributed by atoms with van der Waals surface area (Å²) in [6.07, 6.45) is 0. The minimum Gasteiger partial charge on any atom is -0.781 e. The zero-order chi connectivity index (χ0) is 13.7. The Labute approximate surface area is 147 Å². The summed E-state index contributed by atoms with van der Waals surface area (Å²) in [6, 6.07) is 11.5. The molecular formula is C14H12CoS4-4. The molecule has 0 saturated carbocycles. The van der Waals surface area contributed by atoms with Crippen molar-refractivity contribution in [1.82, 2.24) is 0 Å². The Morgan fingerprint density at radius 1 is 0.579 bits per heavy atom. The van der Waals surface area contributed by atoms with E-state index in [2.05, 4.69) is 0 Å². The molecule has 0 nitrogen and oxygen atoms in total. The van der Waals surface area contributed by atoms with Crippen LogP contribution in [0.1, 0.15) is 11.1 Å². The fourth-order valence-corrected chi connectivity index (χ4v) is 1.99. The summed E-state index contributed by atoms with van der Waals surface area (Å²) < 4.78 is 0. The molecule has 0 N–H and O–H groups in total. The van der Waals surface area contributed by atoms with Crippen LogP contribution in [0, 0.1) is 13.8 Å². The van der Waals surface area contributed by atoms with Gasteiger partial charge in [0, 0.05) is 16.8 Å². The van der Waals surface area contributed by atoms with Crippen molar-refractivity contribution < 1.29 is 16.8 Å². The molecule has 0 aliphatic rings. The topological polar surface area (TPSA) is 0 Å². The molecule has 105 valence electrons. The van der Waals surface area contributed by atoms with Crippen LogP contribution in [-0.4, -0.2) is 0 Å². The van der Waals surface area contributed by atoms with Crippen molar-refractivity contribution in [2.45, 2.75) is 33.4 Å². The molecule has 2 aromatic carbocycles. The molecule has 19 heavy (non-hydrogen) atoms. The van der Waals surface area contributed by atoms with Gasteiger partial charge in [-0.3, -0.25) is 0 Å². The van der Waals surface area contributed by atoms with Crippen molar-refractivity contribution in [3.05, 3.63) is 47.5 Å². The predicted octanol–water partition coefficient (Wildman–Crippen LogP) is 3.61. The molecule has 0 spiro atoms. The molecule has 1 radical (unpaired) electrons. The van der Waals surface area contributed by atoms with E-state index in [4.69, 9.17) is 50.5 Å². The fraction of sp³-hybridized carbons (Fsp3) is 0.143. The molecule has 0 saturated heterocycles. The Bertz CT molecular complexity index is 491. The van der Waals surface area contributed by atoms with Gasteiger partial charge >= 0.3 is 0 Å². The van der Waals surface area contributed by atoms with Crippen molar-refractivity contribution in [1.29, 1.82) is 0 Å². The van der Waals surface area contributed by atoms with Crippen molar-refractivity contribution in [3.63, 3.8) is 0 Å². The summed E-state index contributed by atoms with van der Waals surface area (Å²) in [5, 5.41) is 0. The largest absolute Gasteiger partial charge is 0.781 e. The van der Waals surface area contributed by atoms with Gasteiger partial charge < -0.3 is 50.5 Å². The van der Waals surface area contributed by atoms with Gasteiger partial charge in [-0.15, -0.1) is 0 Å². The Hall–Kier alpha value is -0.174. The second kappa shape index (κ2) is 8.89. The molecule has 0 atom stereocenters. The number of aryl methyl sites for hydroxylation is 2. The number of rotatable bonds is 0. The van der Waals surface area contributed by atoms with Crippen molar-refractivity contribution >= 4 is 50.5 Å². The monoisotopic (exact) mass is 367 g/mol. The van der Waals surface area contributed by atoms with E-state index in [0.29, 0.717) is 0 Å². The van der Waals surface area contributed by atoms with Gasteiger partial charge in [-0.05, 0) is 13.8 Å². The van der Waals surface area contributed by atoms with Gasteiger partial charge in [-0.25, -0.2) is 0 Å². The summed E-state index contributed by atoms with van der Waals surface area (Å²) in [7, 11) is 0. The minimum absolute atomic E-state index is 0. The smallest absolute Gasteiger partial charge is 0 e. The first-order valence-corrected chi connectivity index (χ1v) is 6.93. The van der Waals surface area contributed by atoms with Crippen LogP contribution < -0.4 is 0 Å². The predicted molar refractivity (Wildman–Crippen MR) is 84.9 cm³/mol. The van der Waals surface area contributed by atoms with Crippen LogP contribution in [0.4, 0.5) is 0 Å². The molecule has 2 rings (SSSR count).